The van der Waals surface area contributed by atoms with Gasteiger partial charge in [-0.2, -0.15) is 0 Å². The van der Waals surface area contributed by atoms with Crippen LogP contribution in [-0.2, 0) is 25.2 Å². The number of hydrogen-bond donors (Lipinski definition) is 0. The highest BCUT2D eigenvalue weighted by atomic mass is 32.2. The molecule has 6 aliphatic rings. The standard InChI is InChI=1S/C18H27O3S/c19-17(11-22-9-15-16(10-22)21-2-1-20-15)18-6-12-3-13(7-18)5-14(4-12)8-18/h12-16H,1-11H2/q+1. The van der Waals surface area contributed by atoms with E-state index in [1.165, 1.54) is 38.5 Å². The smallest absolute Gasteiger partial charge is 0.187 e. The third-order valence-corrected chi connectivity index (χ3v) is 9.20. The van der Waals surface area contributed by atoms with E-state index in [1.54, 1.807) is 0 Å². The number of fused-ring (bicyclic) bond motifs is 1. The Balaban J connectivity index is 1.27. The molecular formula is C18H27O3S+. The highest BCUT2D eigenvalue weighted by molar-refractivity contribution is 7.97. The van der Waals surface area contributed by atoms with Crippen molar-refractivity contribution in [2.24, 2.45) is 23.2 Å². The van der Waals surface area contributed by atoms with Crippen LogP contribution in [0.1, 0.15) is 38.5 Å². The summed E-state index contributed by atoms with van der Waals surface area (Å²) in [6, 6.07) is 0. The first-order chi connectivity index (χ1) is 10.7. The normalized spacial score (nSPS) is 52.7. The Labute approximate surface area is 135 Å². The molecule has 0 aromatic carbocycles. The van der Waals surface area contributed by atoms with E-state index in [0.29, 0.717) is 5.78 Å². The van der Waals surface area contributed by atoms with E-state index in [-0.39, 0.29) is 28.5 Å². The molecule has 2 heterocycles. The zero-order valence-electron chi connectivity index (χ0n) is 13.3. The summed E-state index contributed by atoms with van der Waals surface area (Å²) >= 11 is 0. The van der Waals surface area contributed by atoms with Gasteiger partial charge in [-0.15, -0.1) is 0 Å². The maximum atomic E-state index is 13.2. The van der Waals surface area contributed by atoms with Crippen LogP contribution < -0.4 is 0 Å². The van der Waals surface area contributed by atoms with Crippen molar-refractivity contribution in [1.82, 2.24) is 0 Å². The van der Waals surface area contributed by atoms with Gasteiger partial charge in [0.1, 0.15) is 23.7 Å². The number of ether oxygens (including phenoxy) is 2. The van der Waals surface area contributed by atoms with Gasteiger partial charge in [-0.25, -0.2) is 0 Å². The van der Waals surface area contributed by atoms with Gasteiger partial charge in [0.2, 0.25) is 0 Å². The van der Waals surface area contributed by atoms with Crippen molar-refractivity contribution >= 4 is 16.7 Å². The summed E-state index contributed by atoms with van der Waals surface area (Å²) in [5.74, 6) is 6.20. The Bertz CT molecular complexity index is 428. The van der Waals surface area contributed by atoms with Crippen molar-refractivity contribution in [2.45, 2.75) is 50.7 Å². The lowest BCUT2D eigenvalue weighted by Gasteiger charge is -2.55. The first-order valence-electron chi connectivity index (χ1n) is 9.11. The van der Waals surface area contributed by atoms with Gasteiger partial charge in [-0.05, 0) is 56.3 Å². The topological polar surface area (TPSA) is 35.5 Å². The van der Waals surface area contributed by atoms with E-state index in [0.717, 1.165) is 48.2 Å². The number of hydrogen-bond acceptors (Lipinski definition) is 3. The molecule has 3 nitrogen and oxygen atoms in total. The largest absolute Gasteiger partial charge is 0.368 e. The summed E-state index contributed by atoms with van der Waals surface area (Å²) in [5.41, 5.74) is 0.0945. The van der Waals surface area contributed by atoms with Crippen LogP contribution >= 0.6 is 0 Å². The SMILES string of the molecule is O=C(C[S+]1CC2OCCOC2C1)C12CC3CC(CC(C3)C1)C2. The minimum atomic E-state index is 0.0945. The molecule has 4 heteroatoms. The molecule has 0 aromatic rings. The molecule has 0 spiro atoms. The van der Waals surface area contributed by atoms with Gasteiger partial charge in [-0.1, -0.05) is 0 Å². The molecular weight excluding hydrogens is 296 g/mol. The molecule has 6 rings (SSSR count). The number of carbonyl (C=O) groups excluding carboxylic acids is 1. The van der Waals surface area contributed by atoms with Gasteiger partial charge in [-0.3, -0.25) is 4.79 Å². The highest BCUT2D eigenvalue weighted by Gasteiger charge is 2.56. The molecule has 2 aliphatic heterocycles. The quantitative estimate of drug-likeness (QED) is 0.747. The van der Waals surface area contributed by atoms with E-state index >= 15 is 0 Å². The Morgan fingerprint density at radius 3 is 1.91 bits per heavy atom. The predicted molar refractivity (Wildman–Crippen MR) is 87.1 cm³/mol. The summed E-state index contributed by atoms with van der Waals surface area (Å²) in [4.78, 5) is 13.2. The van der Waals surface area contributed by atoms with Crippen molar-refractivity contribution in [3.8, 4) is 0 Å². The molecule has 2 saturated heterocycles. The summed E-state index contributed by atoms with van der Waals surface area (Å²) in [6.45, 7) is 1.47. The predicted octanol–water partition coefficient (Wildman–Crippen LogP) is 2.19. The van der Waals surface area contributed by atoms with Crippen LogP contribution in [0, 0.1) is 23.2 Å². The lowest BCUT2D eigenvalue weighted by molar-refractivity contribution is -0.141. The van der Waals surface area contributed by atoms with Gasteiger partial charge >= 0.3 is 0 Å². The molecule has 4 bridgehead atoms. The van der Waals surface area contributed by atoms with Gasteiger partial charge < -0.3 is 9.47 Å². The van der Waals surface area contributed by atoms with Crippen LogP contribution in [0.3, 0.4) is 0 Å². The second-order valence-electron chi connectivity index (χ2n) is 8.53. The van der Waals surface area contributed by atoms with Gasteiger partial charge in [0, 0.05) is 16.3 Å². The van der Waals surface area contributed by atoms with Crippen LogP contribution in [0.5, 0.6) is 0 Å². The molecule has 2 unspecified atom stereocenters. The molecule has 0 amide bonds. The van der Waals surface area contributed by atoms with E-state index in [1.807, 2.05) is 0 Å². The summed E-state index contributed by atoms with van der Waals surface area (Å²) in [7, 11) is 0.210. The molecule has 0 N–H and O–H groups in total. The third-order valence-electron chi connectivity index (χ3n) is 6.93. The minimum absolute atomic E-state index is 0.0945. The number of ketones is 1. The van der Waals surface area contributed by atoms with Crippen molar-refractivity contribution < 1.29 is 14.3 Å². The zero-order chi connectivity index (χ0) is 14.7. The van der Waals surface area contributed by atoms with Gasteiger partial charge in [0.25, 0.3) is 0 Å². The highest BCUT2D eigenvalue weighted by Crippen LogP contribution is 2.60. The van der Waals surface area contributed by atoms with Gasteiger partial charge in [0.15, 0.2) is 11.5 Å². The molecule has 0 radical (unpaired) electrons. The lowest BCUT2D eigenvalue weighted by Crippen LogP contribution is -2.51. The van der Waals surface area contributed by atoms with Crippen LogP contribution in [0.4, 0.5) is 0 Å². The maximum Gasteiger partial charge on any atom is 0.187 e. The molecule has 0 aromatic heterocycles. The first kappa shape index (κ1) is 14.3. The van der Waals surface area contributed by atoms with Crippen molar-refractivity contribution in [1.29, 1.82) is 0 Å². The second-order valence-corrected chi connectivity index (χ2v) is 10.7. The van der Waals surface area contributed by atoms with Crippen molar-refractivity contribution in [2.75, 3.05) is 30.5 Å². The lowest BCUT2D eigenvalue weighted by atomic mass is 9.48. The Kier molecular flexibility index (Phi) is 3.39. The minimum Gasteiger partial charge on any atom is -0.368 e. The van der Waals surface area contributed by atoms with E-state index in [2.05, 4.69) is 0 Å². The van der Waals surface area contributed by atoms with Crippen molar-refractivity contribution in [3.05, 3.63) is 0 Å². The average molecular weight is 323 g/mol. The zero-order valence-corrected chi connectivity index (χ0v) is 14.1. The number of rotatable bonds is 3. The Hall–Kier alpha value is -0.0600. The fourth-order valence-electron chi connectivity index (χ4n) is 6.37. The summed E-state index contributed by atoms with van der Waals surface area (Å²) in [6.07, 6.45) is 8.47. The second kappa shape index (κ2) is 5.22. The third kappa shape index (κ3) is 2.29. The summed E-state index contributed by atoms with van der Waals surface area (Å²) in [5, 5.41) is 0. The van der Waals surface area contributed by atoms with E-state index in [9.17, 15) is 4.79 Å². The average Bonchev–Trinajstić information content (AvgIpc) is 2.88. The fraction of sp³-hybridized carbons (Fsp3) is 0.944. The first-order valence-corrected chi connectivity index (χ1v) is 10.8. The maximum absolute atomic E-state index is 13.2. The Morgan fingerprint density at radius 1 is 0.909 bits per heavy atom. The molecule has 2 atom stereocenters. The number of Topliss-reactive ketones (excluding diaryl/α,β-unsaturated/α-hetero) is 1. The van der Waals surface area contributed by atoms with E-state index < -0.39 is 0 Å². The monoisotopic (exact) mass is 323 g/mol. The van der Waals surface area contributed by atoms with Crippen molar-refractivity contribution in [3.63, 3.8) is 0 Å². The van der Waals surface area contributed by atoms with Crippen LogP contribution in [-0.4, -0.2) is 48.5 Å². The summed E-state index contributed by atoms with van der Waals surface area (Å²) < 4.78 is 11.7. The molecule has 4 saturated carbocycles. The van der Waals surface area contributed by atoms with Crippen LogP contribution in [0.2, 0.25) is 0 Å². The molecule has 6 fully saturated rings. The van der Waals surface area contributed by atoms with E-state index in [4.69, 9.17) is 9.47 Å². The molecule has 4 aliphatic carbocycles. The van der Waals surface area contributed by atoms with Gasteiger partial charge in [0.05, 0.1) is 13.2 Å². The van der Waals surface area contributed by atoms with Crippen LogP contribution in [0.25, 0.3) is 0 Å². The fourth-order valence-corrected chi connectivity index (χ4v) is 8.97. The van der Waals surface area contributed by atoms with Crippen LogP contribution in [0.15, 0.2) is 0 Å². The molecule has 22 heavy (non-hydrogen) atoms. The molecule has 122 valence electrons. The Morgan fingerprint density at radius 2 is 1.41 bits per heavy atom. The number of carbonyl (C=O) groups is 1.